The first-order valence-corrected chi connectivity index (χ1v) is 9.49. The Morgan fingerprint density at radius 3 is 2.65 bits per heavy atom. The minimum Gasteiger partial charge on any atom is -0.505 e. The van der Waals surface area contributed by atoms with Gasteiger partial charge in [-0.05, 0) is 30.7 Å². The molecule has 1 atom stereocenters. The largest absolute Gasteiger partial charge is 0.505 e. The van der Waals surface area contributed by atoms with Crippen LogP contribution in [0, 0.1) is 4.64 Å². The van der Waals surface area contributed by atoms with Crippen LogP contribution < -0.4 is 0 Å². The molecule has 1 N–H and O–H groups in total. The summed E-state index contributed by atoms with van der Waals surface area (Å²) in [4.78, 5) is 0. The summed E-state index contributed by atoms with van der Waals surface area (Å²) in [5.74, 6) is 0.122. The highest BCUT2D eigenvalue weighted by Crippen LogP contribution is 2.26. The normalized spacial score (nSPS) is 12.2. The standard InChI is InChI=1S/C20H24N4OS/c1-2-3-4-8-12-18(23-14-9-13-19(25)20(23)26)17-15-24(22-21-17)16-10-6-5-7-11-16/h5-7,9-11,13-15,18,25H,2-4,8,12H2,1H3. The quantitative estimate of drug-likeness (QED) is 0.446. The molecule has 0 fully saturated rings. The van der Waals surface area contributed by atoms with Crippen LogP contribution in [0.2, 0.25) is 0 Å². The van der Waals surface area contributed by atoms with Crippen LogP contribution in [0.25, 0.3) is 5.69 Å². The van der Waals surface area contributed by atoms with Crippen LogP contribution in [0.15, 0.2) is 54.9 Å². The average molecular weight is 369 g/mol. The minimum atomic E-state index is -0.0380. The van der Waals surface area contributed by atoms with Crippen LogP contribution in [-0.4, -0.2) is 24.7 Å². The summed E-state index contributed by atoms with van der Waals surface area (Å²) in [5.41, 5.74) is 1.82. The monoisotopic (exact) mass is 368 g/mol. The molecular weight excluding hydrogens is 344 g/mol. The lowest BCUT2D eigenvalue weighted by Crippen LogP contribution is -2.12. The van der Waals surface area contributed by atoms with Crippen LogP contribution in [0.1, 0.15) is 50.8 Å². The molecule has 1 aromatic carbocycles. The number of hydrogen-bond donors (Lipinski definition) is 1. The third kappa shape index (κ3) is 4.19. The summed E-state index contributed by atoms with van der Waals surface area (Å²) in [6.45, 7) is 2.20. The smallest absolute Gasteiger partial charge is 0.150 e. The Balaban J connectivity index is 1.92. The van der Waals surface area contributed by atoms with E-state index >= 15 is 0 Å². The SMILES string of the molecule is CCCCCCC(c1cn(-c2ccccc2)nn1)n1cccc(O)c1=S. The fraction of sp³-hybridized carbons (Fsp3) is 0.350. The number of pyridine rings is 1. The van der Waals surface area contributed by atoms with E-state index in [1.54, 1.807) is 10.7 Å². The van der Waals surface area contributed by atoms with Crippen molar-refractivity contribution in [3.05, 3.63) is 65.2 Å². The van der Waals surface area contributed by atoms with Crippen molar-refractivity contribution in [2.75, 3.05) is 0 Å². The molecule has 0 radical (unpaired) electrons. The predicted molar refractivity (Wildman–Crippen MR) is 105 cm³/mol. The van der Waals surface area contributed by atoms with Crippen molar-refractivity contribution < 1.29 is 5.11 Å². The molecule has 3 aromatic rings. The van der Waals surface area contributed by atoms with Gasteiger partial charge in [-0.2, -0.15) is 0 Å². The van der Waals surface area contributed by atoms with Crippen molar-refractivity contribution >= 4 is 12.2 Å². The maximum Gasteiger partial charge on any atom is 0.150 e. The van der Waals surface area contributed by atoms with E-state index in [1.165, 1.54) is 19.3 Å². The Morgan fingerprint density at radius 2 is 1.88 bits per heavy atom. The van der Waals surface area contributed by atoms with Gasteiger partial charge in [0.05, 0.1) is 17.9 Å². The van der Waals surface area contributed by atoms with E-state index in [9.17, 15) is 5.11 Å². The Hall–Kier alpha value is -2.47. The molecule has 136 valence electrons. The van der Waals surface area contributed by atoms with Gasteiger partial charge >= 0.3 is 0 Å². The molecule has 1 unspecified atom stereocenters. The number of unbranched alkanes of at least 4 members (excludes halogenated alkanes) is 3. The second-order valence-electron chi connectivity index (χ2n) is 6.39. The van der Waals surface area contributed by atoms with Gasteiger partial charge in [-0.25, -0.2) is 4.68 Å². The molecule has 0 aliphatic carbocycles. The zero-order chi connectivity index (χ0) is 18.4. The third-order valence-electron chi connectivity index (χ3n) is 4.49. The molecule has 5 nitrogen and oxygen atoms in total. The van der Waals surface area contributed by atoms with Crippen molar-refractivity contribution in [3.8, 4) is 11.4 Å². The number of benzene rings is 1. The van der Waals surface area contributed by atoms with Crippen LogP contribution in [0.5, 0.6) is 5.75 Å². The summed E-state index contributed by atoms with van der Waals surface area (Å²) in [7, 11) is 0. The van der Waals surface area contributed by atoms with Gasteiger partial charge in [-0.3, -0.25) is 0 Å². The average Bonchev–Trinajstić information content (AvgIpc) is 3.15. The van der Waals surface area contributed by atoms with Gasteiger partial charge in [0.25, 0.3) is 0 Å². The number of para-hydroxylation sites is 1. The van der Waals surface area contributed by atoms with E-state index in [0.29, 0.717) is 4.64 Å². The van der Waals surface area contributed by atoms with Gasteiger partial charge in [-0.15, -0.1) is 5.10 Å². The summed E-state index contributed by atoms with van der Waals surface area (Å²) in [6.07, 6.45) is 9.43. The Bertz CT molecular complexity index is 888. The molecule has 3 rings (SSSR count). The Labute approximate surface area is 158 Å². The van der Waals surface area contributed by atoms with E-state index in [0.717, 1.165) is 24.2 Å². The second kappa shape index (κ2) is 8.76. The Kier molecular flexibility index (Phi) is 6.17. The van der Waals surface area contributed by atoms with E-state index in [4.69, 9.17) is 12.2 Å². The number of aromatic hydroxyl groups is 1. The second-order valence-corrected chi connectivity index (χ2v) is 6.78. The van der Waals surface area contributed by atoms with Gasteiger partial charge < -0.3 is 9.67 Å². The van der Waals surface area contributed by atoms with E-state index < -0.39 is 0 Å². The van der Waals surface area contributed by atoms with Crippen molar-refractivity contribution in [1.82, 2.24) is 19.6 Å². The van der Waals surface area contributed by atoms with Crippen LogP contribution in [0.4, 0.5) is 0 Å². The molecule has 2 heterocycles. The fourth-order valence-electron chi connectivity index (χ4n) is 3.07. The molecule has 6 heteroatoms. The van der Waals surface area contributed by atoms with Gasteiger partial charge in [0.1, 0.15) is 16.1 Å². The summed E-state index contributed by atoms with van der Waals surface area (Å²) in [6, 6.07) is 13.3. The fourth-order valence-corrected chi connectivity index (χ4v) is 3.33. The molecule has 0 saturated carbocycles. The van der Waals surface area contributed by atoms with Gasteiger partial charge in [-0.1, -0.05) is 68.2 Å². The lowest BCUT2D eigenvalue weighted by Gasteiger charge is -2.19. The molecule has 0 spiro atoms. The van der Waals surface area contributed by atoms with Crippen LogP contribution in [-0.2, 0) is 0 Å². The highest BCUT2D eigenvalue weighted by atomic mass is 32.1. The summed E-state index contributed by atoms with van der Waals surface area (Å²) in [5, 5.41) is 18.7. The highest BCUT2D eigenvalue weighted by Gasteiger charge is 2.18. The number of rotatable bonds is 8. The molecule has 0 amide bonds. The summed E-state index contributed by atoms with van der Waals surface area (Å²) < 4.78 is 4.14. The van der Waals surface area contributed by atoms with Crippen molar-refractivity contribution in [2.24, 2.45) is 0 Å². The van der Waals surface area contributed by atoms with E-state index in [2.05, 4.69) is 17.2 Å². The molecule has 0 aliphatic heterocycles. The first-order valence-electron chi connectivity index (χ1n) is 9.08. The van der Waals surface area contributed by atoms with Crippen molar-refractivity contribution in [1.29, 1.82) is 0 Å². The molecular formula is C20H24N4OS. The topological polar surface area (TPSA) is 55.9 Å². The maximum absolute atomic E-state index is 10.0. The molecule has 0 aliphatic rings. The lowest BCUT2D eigenvalue weighted by molar-refractivity contribution is 0.440. The number of nitrogens with zero attached hydrogens (tertiary/aromatic N) is 4. The number of hydrogen-bond acceptors (Lipinski definition) is 4. The zero-order valence-corrected chi connectivity index (χ0v) is 15.8. The van der Waals surface area contributed by atoms with Gasteiger partial charge in [0.2, 0.25) is 0 Å². The molecule has 0 bridgehead atoms. The van der Waals surface area contributed by atoms with Gasteiger partial charge in [0, 0.05) is 6.20 Å². The highest BCUT2D eigenvalue weighted by molar-refractivity contribution is 7.71. The predicted octanol–water partition coefficient (Wildman–Crippen LogP) is 5.06. The number of aromatic nitrogens is 4. The Morgan fingerprint density at radius 1 is 1.08 bits per heavy atom. The van der Waals surface area contributed by atoms with Crippen LogP contribution in [0.3, 0.4) is 0 Å². The van der Waals surface area contributed by atoms with E-state index in [-0.39, 0.29) is 11.8 Å². The third-order valence-corrected chi connectivity index (χ3v) is 4.91. The van der Waals surface area contributed by atoms with Gasteiger partial charge in [0.15, 0.2) is 0 Å². The molecule has 26 heavy (non-hydrogen) atoms. The first kappa shape index (κ1) is 18.3. The molecule has 2 aromatic heterocycles. The first-order chi connectivity index (χ1) is 12.7. The molecule has 0 saturated heterocycles. The zero-order valence-electron chi connectivity index (χ0n) is 15.0. The van der Waals surface area contributed by atoms with E-state index in [1.807, 2.05) is 53.4 Å². The minimum absolute atomic E-state index is 0.0380. The summed E-state index contributed by atoms with van der Waals surface area (Å²) >= 11 is 5.43. The van der Waals surface area contributed by atoms with Crippen molar-refractivity contribution in [2.45, 2.75) is 45.1 Å². The van der Waals surface area contributed by atoms with Crippen molar-refractivity contribution in [3.63, 3.8) is 0 Å². The van der Waals surface area contributed by atoms with Crippen LogP contribution >= 0.6 is 12.2 Å². The lowest BCUT2D eigenvalue weighted by atomic mass is 10.0. The maximum atomic E-state index is 10.0.